The van der Waals surface area contributed by atoms with Crippen LogP contribution in [0.25, 0.3) is 0 Å². The van der Waals surface area contributed by atoms with Crippen molar-refractivity contribution in [2.75, 3.05) is 18.1 Å². The number of esters is 1. The van der Waals surface area contributed by atoms with Crippen LogP contribution in [0.5, 0.6) is 0 Å². The van der Waals surface area contributed by atoms with Gasteiger partial charge in [0, 0.05) is 11.3 Å². The molecule has 0 amide bonds. The number of rotatable bonds is 7. The summed E-state index contributed by atoms with van der Waals surface area (Å²) in [5.74, 6) is 1.05. The van der Waals surface area contributed by atoms with Crippen LogP contribution in [0, 0.1) is 0 Å². The highest BCUT2D eigenvalue weighted by Crippen LogP contribution is 2.09. The van der Waals surface area contributed by atoms with E-state index in [-0.39, 0.29) is 11.5 Å². The fraction of sp³-hybridized carbons (Fsp3) is 0.900. The van der Waals surface area contributed by atoms with Gasteiger partial charge in [-0.1, -0.05) is 13.3 Å². The summed E-state index contributed by atoms with van der Waals surface area (Å²) in [6.07, 6.45) is 2.00. The lowest BCUT2D eigenvalue weighted by Crippen LogP contribution is -2.35. The minimum Gasteiger partial charge on any atom is -0.465 e. The Kier molecular flexibility index (Phi) is 7.01. The molecule has 0 aromatic heterocycles. The van der Waals surface area contributed by atoms with Crippen molar-refractivity contribution in [1.82, 2.24) is 0 Å². The van der Waals surface area contributed by atoms with Gasteiger partial charge in [-0.2, -0.15) is 0 Å². The molecule has 0 aromatic carbocycles. The topological polar surface area (TPSA) is 52.3 Å². The zero-order valence-electron chi connectivity index (χ0n) is 9.34. The minimum atomic E-state index is -0.214. The van der Waals surface area contributed by atoms with Crippen molar-refractivity contribution >= 4 is 17.7 Å². The summed E-state index contributed by atoms with van der Waals surface area (Å²) in [6, 6.07) is 0. The summed E-state index contributed by atoms with van der Waals surface area (Å²) >= 11 is 1.53. The third-order valence-electron chi connectivity index (χ3n) is 1.45. The number of thioether (sulfide) groups is 1. The van der Waals surface area contributed by atoms with E-state index in [1.165, 1.54) is 11.8 Å². The van der Waals surface area contributed by atoms with Gasteiger partial charge in [0.1, 0.15) is 0 Å². The first-order valence-corrected chi connectivity index (χ1v) is 6.13. The Hall–Kier alpha value is -0.220. The van der Waals surface area contributed by atoms with Gasteiger partial charge in [-0.25, -0.2) is 0 Å². The molecule has 0 spiro atoms. The molecule has 84 valence electrons. The van der Waals surface area contributed by atoms with Crippen LogP contribution in [0.2, 0.25) is 0 Å². The highest BCUT2D eigenvalue weighted by molar-refractivity contribution is 8.00. The number of carbonyl (C=O) groups is 1. The molecule has 3 nitrogen and oxygen atoms in total. The van der Waals surface area contributed by atoms with Gasteiger partial charge in [-0.05, 0) is 20.3 Å². The standard InChI is InChI=1S/C10H21NO2S/c1-4-5-6-13-9(12)7-14-8-10(2,3)11/h4-8,11H2,1-3H3. The van der Waals surface area contributed by atoms with Gasteiger partial charge in [0.25, 0.3) is 0 Å². The zero-order valence-corrected chi connectivity index (χ0v) is 10.2. The number of hydrogen-bond donors (Lipinski definition) is 1. The Morgan fingerprint density at radius 1 is 1.50 bits per heavy atom. The van der Waals surface area contributed by atoms with Crippen LogP contribution < -0.4 is 5.73 Å². The molecule has 0 unspecified atom stereocenters. The van der Waals surface area contributed by atoms with Crippen molar-refractivity contribution in [3.63, 3.8) is 0 Å². The second kappa shape index (κ2) is 7.12. The van der Waals surface area contributed by atoms with Crippen LogP contribution in [0.3, 0.4) is 0 Å². The minimum absolute atomic E-state index is 0.132. The van der Waals surface area contributed by atoms with Crippen LogP contribution in [0.15, 0.2) is 0 Å². The van der Waals surface area contributed by atoms with Crippen molar-refractivity contribution < 1.29 is 9.53 Å². The third kappa shape index (κ3) is 9.86. The van der Waals surface area contributed by atoms with E-state index in [1.807, 2.05) is 13.8 Å². The first kappa shape index (κ1) is 13.8. The second-order valence-electron chi connectivity index (χ2n) is 4.06. The maximum atomic E-state index is 11.1. The van der Waals surface area contributed by atoms with Crippen molar-refractivity contribution in [2.24, 2.45) is 5.73 Å². The van der Waals surface area contributed by atoms with Crippen molar-refractivity contribution in [2.45, 2.75) is 39.2 Å². The summed E-state index contributed by atoms with van der Waals surface area (Å²) in [5, 5.41) is 0. The van der Waals surface area contributed by atoms with Gasteiger partial charge in [0.2, 0.25) is 0 Å². The Labute approximate surface area is 90.8 Å². The summed E-state index contributed by atoms with van der Waals surface area (Å²) in [5.41, 5.74) is 5.56. The molecule has 0 atom stereocenters. The molecule has 0 aromatic rings. The van der Waals surface area contributed by atoms with E-state index in [4.69, 9.17) is 10.5 Å². The van der Waals surface area contributed by atoms with Gasteiger partial charge >= 0.3 is 5.97 Å². The lowest BCUT2D eigenvalue weighted by atomic mass is 10.1. The second-order valence-corrected chi connectivity index (χ2v) is 5.04. The fourth-order valence-electron chi connectivity index (χ4n) is 0.769. The smallest absolute Gasteiger partial charge is 0.315 e. The Bertz CT molecular complexity index is 166. The summed E-state index contributed by atoms with van der Waals surface area (Å²) < 4.78 is 5.00. The molecular weight excluding hydrogens is 198 g/mol. The molecule has 0 bridgehead atoms. The molecule has 0 aliphatic carbocycles. The summed E-state index contributed by atoms with van der Waals surface area (Å²) in [6.45, 7) is 6.51. The van der Waals surface area contributed by atoms with Crippen LogP contribution in [0.1, 0.15) is 33.6 Å². The highest BCUT2D eigenvalue weighted by Gasteiger charge is 2.12. The molecule has 0 aliphatic rings. The maximum absolute atomic E-state index is 11.1. The molecule has 0 aliphatic heterocycles. The maximum Gasteiger partial charge on any atom is 0.315 e. The Morgan fingerprint density at radius 2 is 2.14 bits per heavy atom. The number of ether oxygens (including phenoxy) is 1. The van der Waals surface area contributed by atoms with E-state index >= 15 is 0 Å². The molecule has 0 rings (SSSR count). The molecule has 4 heteroatoms. The number of nitrogens with two attached hydrogens (primary N) is 1. The first-order valence-electron chi connectivity index (χ1n) is 4.98. The molecule has 0 fully saturated rings. The molecule has 14 heavy (non-hydrogen) atoms. The molecule has 0 radical (unpaired) electrons. The average molecular weight is 219 g/mol. The number of carbonyl (C=O) groups excluding carboxylic acids is 1. The van der Waals surface area contributed by atoms with Gasteiger partial charge in [-0.15, -0.1) is 11.8 Å². The normalized spacial score (nSPS) is 11.4. The Balaban J connectivity index is 3.36. The first-order chi connectivity index (χ1) is 6.45. The molecule has 0 heterocycles. The van der Waals surface area contributed by atoms with Crippen LogP contribution in [-0.4, -0.2) is 29.6 Å². The van der Waals surface area contributed by atoms with E-state index in [0.29, 0.717) is 12.4 Å². The molecule has 2 N–H and O–H groups in total. The van der Waals surface area contributed by atoms with Gasteiger partial charge in [0.15, 0.2) is 0 Å². The largest absolute Gasteiger partial charge is 0.465 e. The number of hydrogen-bond acceptors (Lipinski definition) is 4. The highest BCUT2D eigenvalue weighted by atomic mass is 32.2. The van der Waals surface area contributed by atoms with E-state index in [0.717, 1.165) is 18.6 Å². The monoisotopic (exact) mass is 219 g/mol. The molecule has 0 saturated carbocycles. The fourth-order valence-corrected chi connectivity index (χ4v) is 1.65. The summed E-state index contributed by atoms with van der Waals surface area (Å²) in [4.78, 5) is 11.1. The lowest BCUT2D eigenvalue weighted by Gasteiger charge is -2.16. The Morgan fingerprint density at radius 3 is 2.64 bits per heavy atom. The third-order valence-corrected chi connectivity index (χ3v) is 2.84. The van der Waals surface area contributed by atoms with Gasteiger partial charge < -0.3 is 10.5 Å². The van der Waals surface area contributed by atoms with E-state index in [9.17, 15) is 4.79 Å². The lowest BCUT2D eigenvalue weighted by molar-refractivity contribution is -0.140. The average Bonchev–Trinajstić information content (AvgIpc) is 2.02. The molecular formula is C10H21NO2S. The quantitative estimate of drug-likeness (QED) is 0.524. The van der Waals surface area contributed by atoms with E-state index in [1.54, 1.807) is 0 Å². The van der Waals surface area contributed by atoms with Crippen molar-refractivity contribution in [3.05, 3.63) is 0 Å². The SMILES string of the molecule is CCCCOC(=O)CSCC(C)(C)N. The van der Waals surface area contributed by atoms with Gasteiger partial charge in [-0.3, -0.25) is 4.79 Å². The zero-order chi connectivity index (χ0) is 11.0. The predicted octanol–water partition coefficient (Wildman–Crippen LogP) is 1.80. The number of unbranched alkanes of at least 4 members (excludes halogenated alkanes) is 1. The van der Waals surface area contributed by atoms with Crippen molar-refractivity contribution in [3.8, 4) is 0 Å². The van der Waals surface area contributed by atoms with E-state index in [2.05, 4.69) is 6.92 Å². The van der Waals surface area contributed by atoms with Gasteiger partial charge in [0.05, 0.1) is 12.4 Å². The van der Waals surface area contributed by atoms with E-state index < -0.39 is 0 Å². The van der Waals surface area contributed by atoms with Crippen molar-refractivity contribution in [1.29, 1.82) is 0 Å². The molecule has 0 saturated heterocycles. The van der Waals surface area contributed by atoms with Crippen LogP contribution in [-0.2, 0) is 9.53 Å². The summed E-state index contributed by atoms with van der Waals surface area (Å²) in [7, 11) is 0. The predicted molar refractivity (Wildman–Crippen MR) is 61.5 cm³/mol. The van der Waals surface area contributed by atoms with Crippen LogP contribution >= 0.6 is 11.8 Å². The van der Waals surface area contributed by atoms with Crippen LogP contribution in [0.4, 0.5) is 0 Å².